The molecule has 0 radical (unpaired) electrons. The molecule has 1 nitrogen and oxygen atoms in total. The molecule has 0 aromatic heterocycles. The smallest absolute Gasteiger partial charge is 0.105 e. The quantitative estimate of drug-likeness (QED) is 0.442. The fourth-order valence-corrected chi connectivity index (χ4v) is 4.28. The molecule has 0 N–H and O–H groups in total. The fraction of sp³-hybridized carbons (Fsp3) is 0.867. The zero-order valence-corrected chi connectivity index (χ0v) is 11.1. The van der Waals surface area contributed by atoms with Crippen molar-refractivity contribution < 1.29 is 4.74 Å². The van der Waals surface area contributed by atoms with Crippen LogP contribution in [0.15, 0.2) is 11.6 Å². The first-order chi connectivity index (χ1) is 7.40. The molecule has 1 saturated carbocycles. The van der Waals surface area contributed by atoms with Gasteiger partial charge in [0.05, 0.1) is 5.60 Å². The van der Waals surface area contributed by atoms with Crippen LogP contribution in [0.25, 0.3) is 0 Å². The molecule has 1 spiro atoms. The Hall–Kier alpha value is -0.300. The van der Waals surface area contributed by atoms with Crippen molar-refractivity contribution in [1.82, 2.24) is 0 Å². The van der Waals surface area contributed by atoms with E-state index in [1.807, 2.05) is 0 Å². The molecule has 0 aromatic carbocycles. The Morgan fingerprint density at radius 2 is 1.94 bits per heavy atom. The summed E-state index contributed by atoms with van der Waals surface area (Å²) in [7, 11) is 0. The van der Waals surface area contributed by atoms with Gasteiger partial charge in [0.15, 0.2) is 0 Å². The molecule has 3 aliphatic rings. The van der Waals surface area contributed by atoms with Crippen LogP contribution in [0.1, 0.15) is 59.8 Å². The number of epoxide rings is 1. The van der Waals surface area contributed by atoms with Crippen LogP contribution in [0.3, 0.4) is 0 Å². The van der Waals surface area contributed by atoms with Gasteiger partial charge >= 0.3 is 0 Å². The van der Waals surface area contributed by atoms with Gasteiger partial charge in [0.1, 0.15) is 5.60 Å². The summed E-state index contributed by atoms with van der Waals surface area (Å²) in [6.07, 6.45) is 8.96. The first-order valence-corrected chi connectivity index (χ1v) is 6.77. The molecule has 1 heterocycles. The summed E-state index contributed by atoms with van der Waals surface area (Å²) in [4.78, 5) is 0. The normalized spacial score (nSPS) is 49.8. The monoisotopic (exact) mass is 220 g/mol. The van der Waals surface area contributed by atoms with E-state index < -0.39 is 0 Å². The molecule has 2 aliphatic carbocycles. The second kappa shape index (κ2) is 2.93. The highest BCUT2D eigenvalue weighted by molar-refractivity contribution is 5.29. The number of allylic oxidation sites excluding steroid dienone is 1. The lowest BCUT2D eigenvalue weighted by Gasteiger charge is -2.39. The van der Waals surface area contributed by atoms with Crippen molar-refractivity contribution in [3.8, 4) is 0 Å². The van der Waals surface area contributed by atoms with E-state index >= 15 is 0 Å². The third kappa shape index (κ3) is 1.21. The van der Waals surface area contributed by atoms with Gasteiger partial charge in [-0.05, 0) is 51.4 Å². The first-order valence-electron chi connectivity index (χ1n) is 6.77. The summed E-state index contributed by atoms with van der Waals surface area (Å²) in [6.45, 7) is 9.49. The molecule has 3 atom stereocenters. The van der Waals surface area contributed by atoms with Gasteiger partial charge in [-0.1, -0.05) is 25.5 Å². The van der Waals surface area contributed by atoms with Crippen molar-refractivity contribution in [2.45, 2.75) is 71.0 Å². The first kappa shape index (κ1) is 10.8. The maximum absolute atomic E-state index is 6.28. The number of hydrogen-bond donors (Lipinski definition) is 0. The van der Waals surface area contributed by atoms with E-state index in [0.29, 0.717) is 11.3 Å². The van der Waals surface area contributed by atoms with Crippen LogP contribution in [0, 0.1) is 11.3 Å². The number of rotatable bonds is 0. The molecule has 2 fully saturated rings. The van der Waals surface area contributed by atoms with Crippen LogP contribution in [0.5, 0.6) is 0 Å². The van der Waals surface area contributed by atoms with Gasteiger partial charge in [0, 0.05) is 5.92 Å². The Morgan fingerprint density at radius 1 is 1.19 bits per heavy atom. The molecule has 1 saturated heterocycles. The van der Waals surface area contributed by atoms with E-state index in [4.69, 9.17) is 4.74 Å². The lowest BCUT2D eigenvalue weighted by molar-refractivity contribution is 0.105. The van der Waals surface area contributed by atoms with E-state index in [0.717, 1.165) is 0 Å². The van der Waals surface area contributed by atoms with E-state index in [2.05, 4.69) is 33.8 Å². The van der Waals surface area contributed by atoms with Gasteiger partial charge in [-0.2, -0.15) is 0 Å². The standard InChI is InChI=1S/C15H24O/c1-11-6-9-15-12(10-11)13(2,3)7-5-8-14(15,4)16-15/h10,12H,5-9H2,1-4H3/t12?,14-,15+/m1/s1. The Bertz CT molecular complexity index is 354. The van der Waals surface area contributed by atoms with Gasteiger partial charge in [0.2, 0.25) is 0 Å². The predicted molar refractivity (Wildman–Crippen MR) is 66.3 cm³/mol. The highest BCUT2D eigenvalue weighted by atomic mass is 16.6. The summed E-state index contributed by atoms with van der Waals surface area (Å²) in [5.74, 6) is 0.640. The fourth-order valence-electron chi connectivity index (χ4n) is 4.28. The molecule has 3 rings (SSSR count). The van der Waals surface area contributed by atoms with Crippen LogP contribution < -0.4 is 0 Å². The van der Waals surface area contributed by atoms with E-state index in [1.54, 1.807) is 5.57 Å². The van der Waals surface area contributed by atoms with Crippen LogP contribution in [-0.4, -0.2) is 11.2 Å². The van der Waals surface area contributed by atoms with Gasteiger partial charge < -0.3 is 4.74 Å². The van der Waals surface area contributed by atoms with E-state index in [1.165, 1.54) is 32.1 Å². The average molecular weight is 220 g/mol. The zero-order chi connectivity index (χ0) is 11.6. The Kier molecular flexibility index (Phi) is 1.98. The third-order valence-corrected chi connectivity index (χ3v) is 5.42. The molecule has 90 valence electrons. The number of ether oxygens (including phenoxy) is 1. The lowest BCUT2D eigenvalue weighted by Crippen LogP contribution is -2.40. The Labute approximate surface area is 99.3 Å². The van der Waals surface area contributed by atoms with Gasteiger partial charge in [-0.3, -0.25) is 0 Å². The van der Waals surface area contributed by atoms with Crippen molar-refractivity contribution in [1.29, 1.82) is 0 Å². The van der Waals surface area contributed by atoms with Crippen molar-refractivity contribution in [2.75, 3.05) is 0 Å². The molecular formula is C15H24O. The minimum absolute atomic E-state index is 0.197. The largest absolute Gasteiger partial charge is 0.362 e. The molecule has 1 unspecified atom stereocenters. The van der Waals surface area contributed by atoms with E-state index in [-0.39, 0.29) is 11.2 Å². The summed E-state index contributed by atoms with van der Waals surface area (Å²) < 4.78 is 6.28. The predicted octanol–water partition coefficient (Wildman–Crippen LogP) is 4.08. The second-order valence-electron chi connectivity index (χ2n) is 7.06. The van der Waals surface area contributed by atoms with Crippen molar-refractivity contribution in [3.63, 3.8) is 0 Å². The molecule has 1 aliphatic heterocycles. The van der Waals surface area contributed by atoms with Gasteiger partial charge in [0.25, 0.3) is 0 Å². The minimum atomic E-state index is 0.197. The van der Waals surface area contributed by atoms with Crippen LogP contribution in [-0.2, 0) is 4.74 Å². The topological polar surface area (TPSA) is 12.5 Å². The molecule has 16 heavy (non-hydrogen) atoms. The van der Waals surface area contributed by atoms with Crippen molar-refractivity contribution in [3.05, 3.63) is 11.6 Å². The number of hydrogen-bond acceptors (Lipinski definition) is 1. The zero-order valence-electron chi connectivity index (χ0n) is 11.1. The molecule has 0 aromatic rings. The molecule has 1 heteroatoms. The second-order valence-corrected chi connectivity index (χ2v) is 7.06. The summed E-state index contributed by atoms with van der Waals surface area (Å²) in [5.41, 5.74) is 2.38. The maximum atomic E-state index is 6.28. The maximum Gasteiger partial charge on any atom is 0.105 e. The molecule has 0 bridgehead atoms. The highest BCUT2D eigenvalue weighted by Crippen LogP contribution is 2.66. The van der Waals surface area contributed by atoms with Crippen LogP contribution in [0.2, 0.25) is 0 Å². The Balaban J connectivity index is 2.05. The van der Waals surface area contributed by atoms with Crippen molar-refractivity contribution >= 4 is 0 Å². The molecular weight excluding hydrogens is 196 g/mol. The van der Waals surface area contributed by atoms with Crippen LogP contribution >= 0.6 is 0 Å². The van der Waals surface area contributed by atoms with Crippen LogP contribution in [0.4, 0.5) is 0 Å². The minimum Gasteiger partial charge on any atom is -0.362 e. The summed E-state index contributed by atoms with van der Waals surface area (Å²) in [5, 5.41) is 0. The average Bonchev–Trinajstić information content (AvgIpc) is 2.76. The SMILES string of the molecule is CC1=CC2C(C)(C)CCC[C@@]3(C)O[C@@]23CC1. The summed E-state index contributed by atoms with van der Waals surface area (Å²) >= 11 is 0. The third-order valence-electron chi connectivity index (χ3n) is 5.42. The molecule has 0 amide bonds. The van der Waals surface area contributed by atoms with Gasteiger partial charge in [-0.25, -0.2) is 0 Å². The van der Waals surface area contributed by atoms with Gasteiger partial charge in [-0.15, -0.1) is 0 Å². The Morgan fingerprint density at radius 3 is 2.69 bits per heavy atom. The van der Waals surface area contributed by atoms with E-state index in [9.17, 15) is 0 Å². The lowest BCUT2D eigenvalue weighted by atomic mass is 9.64. The summed E-state index contributed by atoms with van der Waals surface area (Å²) in [6, 6.07) is 0. The highest BCUT2D eigenvalue weighted by Gasteiger charge is 2.72. The van der Waals surface area contributed by atoms with Crippen molar-refractivity contribution in [2.24, 2.45) is 11.3 Å².